The van der Waals surface area contributed by atoms with Crippen molar-refractivity contribution in [3.63, 3.8) is 0 Å². The van der Waals surface area contributed by atoms with Crippen LogP contribution in [0.15, 0.2) is 6.20 Å². The van der Waals surface area contributed by atoms with E-state index in [0.717, 1.165) is 19.4 Å². The van der Waals surface area contributed by atoms with Crippen LogP contribution >= 0.6 is 0 Å². The molecular formula is C10H16LiNO2. The van der Waals surface area contributed by atoms with E-state index in [1.165, 1.54) is 0 Å². The Morgan fingerprint density at radius 2 is 2.14 bits per heavy atom. The van der Waals surface area contributed by atoms with Crippen LogP contribution < -0.4 is 18.9 Å². The number of rotatable bonds is 0. The molecule has 0 spiro atoms. The van der Waals surface area contributed by atoms with E-state index in [2.05, 4.69) is 6.08 Å². The van der Waals surface area contributed by atoms with Gasteiger partial charge in [0.15, 0.2) is 0 Å². The van der Waals surface area contributed by atoms with Crippen molar-refractivity contribution in [1.82, 2.24) is 4.90 Å². The van der Waals surface area contributed by atoms with Crippen molar-refractivity contribution in [2.45, 2.75) is 39.2 Å². The van der Waals surface area contributed by atoms with E-state index in [9.17, 15) is 4.79 Å². The normalized spacial score (nSPS) is 16.1. The van der Waals surface area contributed by atoms with E-state index < -0.39 is 5.60 Å². The van der Waals surface area contributed by atoms with Crippen LogP contribution in [0.4, 0.5) is 4.79 Å². The Labute approximate surface area is 97.7 Å². The summed E-state index contributed by atoms with van der Waals surface area (Å²) in [6.07, 6.45) is 6.30. The van der Waals surface area contributed by atoms with Crippen molar-refractivity contribution in [1.29, 1.82) is 0 Å². The zero-order chi connectivity index (χ0) is 9.90. The molecule has 0 N–H and O–H groups in total. The molecule has 0 fully saturated rings. The average Bonchev–Trinajstić information content (AvgIpc) is 2.03. The minimum Gasteiger partial charge on any atom is -0.479 e. The third-order valence-corrected chi connectivity index (χ3v) is 1.60. The molecule has 0 unspecified atom stereocenters. The molecule has 1 aliphatic heterocycles. The number of nitrogens with zero attached hydrogens (tertiary/aromatic N) is 1. The maximum atomic E-state index is 11.4. The van der Waals surface area contributed by atoms with Gasteiger partial charge in [0.05, 0.1) is 0 Å². The molecule has 74 valence electrons. The molecule has 0 aromatic carbocycles. The van der Waals surface area contributed by atoms with Crippen molar-refractivity contribution in [3.05, 3.63) is 12.3 Å². The molecule has 1 heterocycles. The van der Waals surface area contributed by atoms with Crippen LogP contribution in [0.3, 0.4) is 0 Å². The molecule has 0 aromatic heterocycles. The van der Waals surface area contributed by atoms with Gasteiger partial charge in [0, 0.05) is 6.54 Å². The second-order valence-corrected chi connectivity index (χ2v) is 4.11. The number of ether oxygens (including phenoxy) is 1. The summed E-state index contributed by atoms with van der Waals surface area (Å²) in [5, 5.41) is 0. The van der Waals surface area contributed by atoms with Crippen LogP contribution in [0, 0.1) is 6.08 Å². The summed E-state index contributed by atoms with van der Waals surface area (Å²) in [4.78, 5) is 13.0. The van der Waals surface area contributed by atoms with Crippen LogP contribution in [-0.4, -0.2) is 23.1 Å². The van der Waals surface area contributed by atoms with E-state index >= 15 is 0 Å². The standard InChI is InChI=1S/C10H16NO2.Li/c1-10(2,3)13-9(12)11-7-5-4-6-8-11;/h8H,4-5,7H2,1-3H3;/q-1;+1. The predicted molar refractivity (Wildman–Crippen MR) is 50.0 cm³/mol. The first kappa shape index (κ1) is 13.6. The molecule has 1 aliphatic rings. The van der Waals surface area contributed by atoms with E-state index in [1.807, 2.05) is 20.8 Å². The fraction of sp³-hybridized carbons (Fsp3) is 0.700. The molecule has 0 saturated heterocycles. The van der Waals surface area contributed by atoms with Gasteiger partial charge in [-0.15, -0.1) is 0 Å². The van der Waals surface area contributed by atoms with Crippen molar-refractivity contribution in [3.8, 4) is 0 Å². The summed E-state index contributed by atoms with van der Waals surface area (Å²) >= 11 is 0. The Morgan fingerprint density at radius 3 is 2.57 bits per heavy atom. The molecule has 0 radical (unpaired) electrons. The second-order valence-electron chi connectivity index (χ2n) is 4.11. The van der Waals surface area contributed by atoms with Gasteiger partial charge in [-0.25, -0.2) is 4.79 Å². The molecule has 1 rings (SSSR count). The van der Waals surface area contributed by atoms with Gasteiger partial charge in [-0.1, -0.05) is 6.42 Å². The summed E-state index contributed by atoms with van der Waals surface area (Å²) in [6.45, 7) is 6.33. The summed E-state index contributed by atoms with van der Waals surface area (Å²) in [6, 6.07) is 0. The van der Waals surface area contributed by atoms with E-state index in [-0.39, 0.29) is 25.0 Å². The number of carbonyl (C=O) groups is 1. The zero-order valence-electron chi connectivity index (χ0n) is 9.46. The van der Waals surface area contributed by atoms with E-state index in [1.54, 1.807) is 11.1 Å². The average molecular weight is 189 g/mol. The van der Waals surface area contributed by atoms with Gasteiger partial charge >= 0.3 is 25.0 Å². The van der Waals surface area contributed by atoms with Crippen LogP contribution in [0.5, 0.6) is 0 Å². The third-order valence-electron chi connectivity index (χ3n) is 1.60. The monoisotopic (exact) mass is 189 g/mol. The topological polar surface area (TPSA) is 29.5 Å². The van der Waals surface area contributed by atoms with Crippen LogP contribution in [-0.2, 0) is 4.74 Å². The number of amides is 1. The maximum Gasteiger partial charge on any atom is 1.00 e. The van der Waals surface area contributed by atoms with Crippen molar-refractivity contribution in [2.75, 3.05) is 6.54 Å². The molecule has 0 aliphatic carbocycles. The summed E-state index contributed by atoms with van der Waals surface area (Å²) in [5.41, 5.74) is -0.414. The van der Waals surface area contributed by atoms with Crippen molar-refractivity contribution in [2.24, 2.45) is 0 Å². The minimum atomic E-state index is -0.414. The molecule has 3 nitrogen and oxygen atoms in total. The first-order chi connectivity index (χ1) is 5.99. The number of hydrogen-bond donors (Lipinski definition) is 0. The van der Waals surface area contributed by atoms with Crippen molar-refractivity contribution >= 4 is 6.09 Å². The first-order valence-electron chi connectivity index (χ1n) is 4.55. The summed E-state index contributed by atoms with van der Waals surface area (Å²) < 4.78 is 5.19. The smallest absolute Gasteiger partial charge is 0.479 e. The molecule has 0 saturated carbocycles. The predicted octanol–water partition coefficient (Wildman–Crippen LogP) is -0.662. The number of allylic oxidation sites excluding steroid dienone is 1. The molecule has 14 heavy (non-hydrogen) atoms. The van der Waals surface area contributed by atoms with Crippen LogP contribution in [0.25, 0.3) is 0 Å². The molecule has 0 aromatic rings. The molecule has 0 bridgehead atoms. The fourth-order valence-electron chi connectivity index (χ4n) is 1.06. The SMILES string of the molecule is CC(C)(C)OC(=O)N1C=[C-]CCC1.[Li+]. The first-order valence-corrected chi connectivity index (χ1v) is 4.55. The summed E-state index contributed by atoms with van der Waals surface area (Å²) in [5.74, 6) is 0. The molecular weight excluding hydrogens is 173 g/mol. The Bertz CT molecular complexity index is 221. The van der Waals surface area contributed by atoms with Gasteiger partial charge in [-0.2, -0.15) is 12.6 Å². The largest absolute Gasteiger partial charge is 1.00 e. The van der Waals surface area contributed by atoms with Crippen LogP contribution in [0.1, 0.15) is 33.6 Å². The van der Waals surface area contributed by atoms with Gasteiger partial charge in [-0.3, -0.25) is 0 Å². The maximum absolute atomic E-state index is 11.4. The van der Waals surface area contributed by atoms with Gasteiger partial charge in [-0.05, 0) is 20.8 Å². The number of carbonyl (C=O) groups excluding carboxylic acids is 1. The molecule has 4 heteroatoms. The Balaban J connectivity index is 0.00000169. The second kappa shape index (κ2) is 5.48. The third kappa shape index (κ3) is 4.74. The van der Waals surface area contributed by atoms with Gasteiger partial charge in [0.1, 0.15) is 5.60 Å². The van der Waals surface area contributed by atoms with Crippen molar-refractivity contribution < 1.29 is 28.4 Å². The Morgan fingerprint density at radius 1 is 1.50 bits per heavy atom. The van der Waals surface area contributed by atoms with Gasteiger partial charge in [0.25, 0.3) is 0 Å². The van der Waals surface area contributed by atoms with Gasteiger partial charge < -0.3 is 15.7 Å². The Kier molecular flexibility index (Phi) is 5.33. The molecule has 1 amide bonds. The number of hydrogen-bond acceptors (Lipinski definition) is 2. The zero-order valence-corrected chi connectivity index (χ0v) is 9.46. The summed E-state index contributed by atoms with van der Waals surface area (Å²) in [7, 11) is 0. The minimum absolute atomic E-state index is 0. The quantitative estimate of drug-likeness (QED) is 0.374. The van der Waals surface area contributed by atoms with E-state index in [4.69, 9.17) is 4.74 Å². The fourth-order valence-corrected chi connectivity index (χ4v) is 1.06. The van der Waals surface area contributed by atoms with Gasteiger partial charge in [0.2, 0.25) is 0 Å². The Hall–Kier alpha value is -0.393. The molecule has 0 atom stereocenters. The van der Waals surface area contributed by atoms with Crippen LogP contribution in [0.2, 0.25) is 0 Å². The van der Waals surface area contributed by atoms with E-state index in [0.29, 0.717) is 0 Å².